The first-order chi connectivity index (χ1) is 15.0. The van der Waals surface area contributed by atoms with E-state index in [0.29, 0.717) is 30.4 Å². The zero-order chi connectivity index (χ0) is 21.8. The summed E-state index contributed by atoms with van der Waals surface area (Å²) in [5.74, 6) is 1.34. The lowest BCUT2D eigenvalue weighted by molar-refractivity contribution is 0.0717. The van der Waals surface area contributed by atoms with Crippen molar-refractivity contribution in [2.75, 3.05) is 37.8 Å². The summed E-state index contributed by atoms with van der Waals surface area (Å²) >= 11 is 1.65. The summed E-state index contributed by atoms with van der Waals surface area (Å²) in [4.78, 5) is 34.9. The second kappa shape index (κ2) is 9.77. The van der Waals surface area contributed by atoms with Crippen molar-refractivity contribution in [3.63, 3.8) is 0 Å². The number of hydrogen-bond acceptors (Lipinski definition) is 5. The van der Waals surface area contributed by atoms with Crippen LogP contribution in [0.1, 0.15) is 60.2 Å². The third kappa shape index (κ3) is 5.06. The van der Waals surface area contributed by atoms with Gasteiger partial charge in [-0.3, -0.25) is 4.79 Å². The molecule has 7 nitrogen and oxygen atoms in total. The Morgan fingerprint density at radius 2 is 1.84 bits per heavy atom. The fourth-order valence-corrected chi connectivity index (χ4v) is 4.73. The number of nitrogens with one attached hydrogen (secondary N) is 1. The van der Waals surface area contributed by atoms with E-state index in [9.17, 15) is 9.59 Å². The fourth-order valence-electron chi connectivity index (χ4n) is 4.27. The zero-order valence-corrected chi connectivity index (χ0v) is 19.0. The lowest BCUT2D eigenvalue weighted by Crippen LogP contribution is -2.40. The van der Waals surface area contributed by atoms with Crippen LogP contribution in [0.5, 0.6) is 0 Å². The number of benzene rings is 1. The minimum Gasteiger partial charge on any atom is -0.445 e. The molecule has 1 N–H and O–H groups in total. The van der Waals surface area contributed by atoms with Crippen molar-refractivity contribution < 1.29 is 14.0 Å². The maximum absolute atomic E-state index is 12.8. The summed E-state index contributed by atoms with van der Waals surface area (Å²) in [6.07, 6.45) is 6.85. The number of amides is 3. The van der Waals surface area contributed by atoms with Gasteiger partial charge < -0.3 is 19.5 Å². The second-order valence-electron chi connectivity index (χ2n) is 8.23. The average Bonchev–Trinajstić information content (AvgIpc) is 3.21. The Morgan fingerprint density at radius 1 is 1.10 bits per heavy atom. The summed E-state index contributed by atoms with van der Waals surface area (Å²) < 4.78 is 5.90. The van der Waals surface area contributed by atoms with Crippen molar-refractivity contribution in [3.8, 4) is 0 Å². The van der Waals surface area contributed by atoms with Crippen molar-refractivity contribution >= 4 is 29.4 Å². The molecule has 0 radical (unpaired) electrons. The van der Waals surface area contributed by atoms with Gasteiger partial charge in [-0.25, -0.2) is 9.78 Å². The number of aromatic nitrogens is 1. The Bertz CT molecular complexity index is 931. The highest BCUT2D eigenvalue weighted by molar-refractivity contribution is 7.98. The smallest absolute Gasteiger partial charge is 0.321 e. The number of likely N-dealkylation sites (tertiary alicyclic amines) is 2. The predicted molar refractivity (Wildman–Crippen MR) is 122 cm³/mol. The standard InChI is InChI=1S/C23H30N4O3S/c1-16-20(22(28)26-11-4-3-5-12-26)25-21(30-16)17-9-13-27(14-10-17)23(29)24-18-7-6-8-19(15-18)31-2/h6-8,15,17H,3-5,9-14H2,1-2H3,(H,24,29). The first kappa shape index (κ1) is 21.7. The van der Waals surface area contributed by atoms with Crippen LogP contribution in [-0.2, 0) is 0 Å². The third-order valence-electron chi connectivity index (χ3n) is 6.11. The van der Waals surface area contributed by atoms with Gasteiger partial charge in [0.15, 0.2) is 11.6 Å². The number of hydrogen-bond donors (Lipinski definition) is 1. The van der Waals surface area contributed by atoms with Gasteiger partial charge in [0, 0.05) is 42.7 Å². The molecule has 0 unspecified atom stereocenters. The van der Waals surface area contributed by atoms with Crippen molar-refractivity contribution in [3.05, 3.63) is 41.6 Å². The lowest BCUT2D eigenvalue weighted by Gasteiger charge is -2.30. The molecule has 1 aromatic carbocycles. The monoisotopic (exact) mass is 442 g/mol. The molecule has 4 rings (SSSR count). The van der Waals surface area contributed by atoms with Crippen LogP contribution >= 0.6 is 11.8 Å². The molecule has 3 heterocycles. The molecule has 2 aromatic rings. The molecule has 8 heteroatoms. The highest BCUT2D eigenvalue weighted by atomic mass is 32.2. The zero-order valence-electron chi connectivity index (χ0n) is 18.2. The van der Waals surface area contributed by atoms with Gasteiger partial charge in [0.1, 0.15) is 5.76 Å². The van der Waals surface area contributed by atoms with E-state index in [1.807, 2.05) is 47.2 Å². The maximum atomic E-state index is 12.8. The number of anilines is 1. The SMILES string of the molecule is CSc1cccc(NC(=O)N2CCC(c3nc(C(=O)N4CCCCC4)c(C)o3)CC2)c1. The molecule has 2 fully saturated rings. The second-order valence-corrected chi connectivity index (χ2v) is 9.11. The van der Waals surface area contributed by atoms with Gasteiger partial charge in [0.25, 0.3) is 5.91 Å². The predicted octanol–water partition coefficient (Wildman–Crippen LogP) is 4.74. The molecule has 166 valence electrons. The van der Waals surface area contributed by atoms with E-state index in [1.54, 1.807) is 11.8 Å². The van der Waals surface area contributed by atoms with E-state index < -0.39 is 0 Å². The highest BCUT2D eigenvalue weighted by Crippen LogP contribution is 2.30. The quantitative estimate of drug-likeness (QED) is 0.692. The maximum Gasteiger partial charge on any atom is 0.321 e. The van der Waals surface area contributed by atoms with Gasteiger partial charge in [0.05, 0.1) is 0 Å². The van der Waals surface area contributed by atoms with Gasteiger partial charge >= 0.3 is 6.03 Å². The van der Waals surface area contributed by atoms with E-state index >= 15 is 0 Å². The van der Waals surface area contributed by atoms with Crippen LogP contribution in [0.25, 0.3) is 0 Å². The molecule has 0 saturated carbocycles. The van der Waals surface area contributed by atoms with E-state index in [-0.39, 0.29) is 17.9 Å². The minimum absolute atomic E-state index is 0.0171. The number of nitrogens with zero attached hydrogens (tertiary/aromatic N) is 3. The van der Waals surface area contributed by atoms with E-state index in [2.05, 4.69) is 10.3 Å². The highest BCUT2D eigenvalue weighted by Gasteiger charge is 2.30. The van der Waals surface area contributed by atoms with Crippen LogP contribution in [0.4, 0.5) is 10.5 Å². The molecule has 0 spiro atoms. The first-order valence-electron chi connectivity index (χ1n) is 11.0. The Hall–Kier alpha value is -2.48. The van der Waals surface area contributed by atoms with Gasteiger partial charge in [-0.15, -0.1) is 11.8 Å². The summed E-state index contributed by atoms with van der Waals surface area (Å²) in [5, 5.41) is 2.99. The number of rotatable bonds is 4. The Balaban J connectivity index is 1.34. The normalized spacial score (nSPS) is 17.6. The summed E-state index contributed by atoms with van der Waals surface area (Å²) in [6, 6.07) is 7.77. The molecule has 1 aromatic heterocycles. The van der Waals surface area contributed by atoms with Crippen LogP contribution in [0.2, 0.25) is 0 Å². The molecule has 2 aliphatic heterocycles. The van der Waals surface area contributed by atoms with E-state index in [0.717, 1.165) is 49.4 Å². The van der Waals surface area contributed by atoms with Crippen molar-refractivity contribution in [2.45, 2.75) is 49.8 Å². The molecular weight excluding hydrogens is 412 g/mol. The molecule has 3 amide bonds. The van der Waals surface area contributed by atoms with Crippen molar-refractivity contribution in [2.24, 2.45) is 0 Å². The largest absolute Gasteiger partial charge is 0.445 e. The number of aryl methyl sites for hydroxylation is 1. The Kier molecular flexibility index (Phi) is 6.85. The van der Waals surface area contributed by atoms with Gasteiger partial charge in [0.2, 0.25) is 0 Å². The summed E-state index contributed by atoms with van der Waals surface area (Å²) in [7, 11) is 0. The number of oxazole rings is 1. The topological polar surface area (TPSA) is 78.7 Å². The van der Waals surface area contributed by atoms with Gasteiger partial charge in [-0.2, -0.15) is 0 Å². The fraction of sp³-hybridized carbons (Fsp3) is 0.522. The summed E-state index contributed by atoms with van der Waals surface area (Å²) in [6.45, 7) is 4.69. The third-order valence-corrected chi connectivity index (χ3v) is 6.84. The average molecular weight is 443 g/mol. The molecule has 2 aliphatic rings. The number of piperidine rings is 2. The lowest BCUT2D eigenvalue weighted by atomic mass is 9.97. The number of thioether (sulfide) groups is 1. The van der Waals surface area contributed by atoms with Crippen molar-refractivity contribution in [1.82, 2.24) is 14.8 Å². The molecule has 2 saturated heterocycles. The Labute approximate surface area is 187 Å². The van der Waals surface area contributed by atoms with Crippen LogP contribution in [0.15, 0.2) is 33.6 Å². The molecule has 0 bridgehead atoms. The van der Waals surface area contributed by atoms with Gasteiger partial charge in [-0.05, 0) is 63.5 Å². The van der Waals surface area contributed by atoms with Crippen LogP contribution in [-0.4, -0.2) is 59.2 Å². The summed E-state index contributed by atoms with van der Waals surface area (Å²) in [5.41, 5.74) is 1.26. The first-order valence-corrected chi connectivity index (χ1v) is 12.2. The van der Waals surface area contributed by atoms with Gasteiger partial charge in [-0.1, -0.05) is 6.07 Å². The molecule has 31 heavy (non-hydrogen) atoms. The van der Waals surface area contributed by atoms with Crippen LogP contribution < -0.4 is 5.32 Å². The molecule has 0 atom stereocenters. The number of urea groups is 1. The minimum atomic E-state index is -0.0822. The van der Waals surface area contributed by atoms with Crippen LogP contribution in [0, 0.1) is 6.92 Å². The Morgan fingerprint density at radius 3 is 2.55 bits per heavy atom. The van der Waals surface area contributed by atoms with Crippen LogP contribution in [0.3, 0.4) is 0 Å². The molecular formula is C23H30N4O3S. The van der Waals surface area contributed by atoms with E-state index in [1.165, 1.54) is 6.42 Å². The number of carbonyl (C=O) groups excluding carboxylic acids is 2. The van der Waals surface area contributed by atoms with E-state index in [4.69, 9.17) is 4.42 Å². The number of carbonyl (C=O) groups is 2. The van der Waals surface area contributed by atoms with Crippen molar-refractivity contribution in [1.29, 1.82) is 0 Å². The molecule has 0 aliphatic carbocycles.